The SMILES string of the molecule is CCN(CC)c1ccc(Cl)cc1C(=O)NC(CC(=O)O)c1ccc(-c2ccccc2Oc2ccccc2)cc1. The van der Waals surface area contributed by atoms with E-state index < -0.39 is 12.0 Å². The van der Waals surface area contributed by atoms with Gasteiger partial charge in [0.1, 0.15) is 11.5 Å². The Labute approximate surface area is 233 Å². The van der Waals surface area contributed by atoms with Gasteiger partial charge in [-0.3, -0.25) is 9.59 Å². The van der Waals surface area contributed by atoms with E-state index in [4.69, 9.17) is 16.3 Å². The van der Waals surface area contributed by atoms with Gasteiger partial charge in [0.25, 0.3) is 5.91 Å². The quantitative estimate of drug-likeness (QED) is 0.204. The highest BCUT2D eigenvalue weighted by Gasteiger charge is 2.22. The number of aliphatic carboxylic acids is 1. The van der Waals surface area contributed by atoms with Crippen molar-refractivity contribution in [2.75, 3.05) is 18.0 Å². The number of nitrogens with one attached hydrogen (secondary N) is 1. The van der Waals surface area contributed by atoms with Crippen LogP contribution < -0.4 is 15.0 Å². The molecule has 0 heterocycles. The second-order valence-electron chi connectivity index (χ2n) is 8.99. The second kappa shape index (κ2) is 13.0. The molecule has 1 atom stereocenters. The number of halogens is 1. The minimum absolute atomic E-state index is 0.264. The molecule has 0 radical (unpaired) electrons. The third-order valence-electron chi connectivity index (χ3n) is 6.47. The van der Waals surface area contributed by atoms with E-state index in [9.17, 15) is 14.7 Å². The molecule has 0 saturated carbocycles. The minimum atomic E-state index is -1.01. The molecule has 39 heavy (non-hydrogen) atoms. The number of hydrogen-bond donors (Lipinski definition) is 2. The van der Waals surface area contributed by atoms with Crippen molar-refractivity contribution >= 4 is 29.2 Å². The van der Waals surface area contributed by atoms with Crippen LogP contribution in [0.5, 0.6) is 11.5 Å². The summed E-state index contributed by atoms with van der Waals surface area (Å²) in [5, 5.41) is 13.0. The summed E-state index contributed by atoms with van der Waals surface area (Å²) in [6.07, 6.45) is -0.264. The van der Waals surface area contributed by atoms with E-state index in [0.717, 1.165) is 22.6 Å². The second-order valence-corrected chi connectivity index (χ2v) is 9.43. The molecule has 0 aromatic heterocycles. The third kappa shape index (κ3) is 6.98. The minimum Gasteiger partial charge on any atom is -0.481 e. The van der Waals surface area contributed by atoms with Gasteiger partial charge in [-0.25, -0.2) is 0 Å². The number of hydrogen-bond acceptors (Lipinski definition) is 4. The molecule has 0 saturated heterocycles. The van der Waals surface area contributed by atoms with Gasteiger partial charge in [-0.1, -0.05) is 72.3 Å². The van der Waals surface area contributed by atoms with Crippen LogP contribution in [0.1, 0.15) is 42.2 Å². The zero-order chi connectivity index (χ0) is 27.8. The summed E-state index contributed by atoms with van der Waals surface area (Å²) in [5.41, 5.74) is 3.65. The molecular formula is C32H31ClN2O4. The highest BCUT2D eigenvalue weighted by molar-refractivity contribution is 6.31. The number of carboxylic acids is 1. The van der Waals surface area contributed by atoms with E-state index >= 15 is 0 Å². The molecule has 0 aliphatic carbocycles. The zero-order valence-electron chi connectivity index (χ0n) is 21.9. The maximum Gasteiger partial charge on any atom is 0.305 e. The maximum absolute atomic E-state index is 13.4. The molecule has 7 heteroatoms. The van der Waals surface area contributed by atoms with Gasteiger partial charge in [0, 0.05) is 29.4 Å². The molecule has 4 aromatic carbocycles. The lowest BCUT2D eigenvalue weighted by Gasteiger charge is -2.25. The smallest absolute Gasteiger partial charge is 0.305 e. The Balaban J connectivity index is 1.60. The fourth-order valence-corrected chi connectivity index (χ4v) is 4.67. The fourth-order valence-electron chi connectivity index (χ4n) is 4.50. The Hall–Kier alpha value is -4.29. The first-order chi connectivity index (χ1) is 18.9. The van der Waals surface area contributed by atoms with Gasteiger partial charge >= 0.3 is 5.97 Å². The van der Waals surface area contributed by atoms with Crippen LogP contribution in [0.15, 0.2) is 97.1 Å². The van der Waals surface area contributed by atoms with Gasteiger partial charge in [0.05, 0.1) is 18.0 Å². The molecule has 0 aliphatic heterocycles. The highest BCUT2D eigenvalue weighted by Crippen LogP contribution is 2.34. The van der Waals surface area contributed by atoms with Crippen molar-refractivity contribution in [2.24, 2.45) is 0 Å². The first-order valence-corrected chi connectivity index (χ1v) is 13.3. The number of carboxylic acid groups (broad SMARTS) is 1. The number of ether oxygens (including phenoxy) is 1. The molecule has 4 aromatic rings. The Bertz CT molecular complexity index is 1420. The Morgan fingerprint density at radius 1 is 0.897 bits per heavy atom. The van der Waals surface area contributed by atoms with Crippen LogP contribution in [0, 0.1) is 0 Å². The normalized spacial score (nSPS) is 11.5. The van der Waals surface area contributed by atoms with E-state index in [-0.39, 0.29) is 12.3 Å². The van der Waals surface area contributed by atoms with Crippen molar-refractivity contribution in [3.05, 3.63) is 113 Å². The lowest BCUT2D eigenvalue weighted by Crippen LogP contribution is -2.32. The molecule has 6 nitrogen and oxygen atoms in total. The lowest BCUT2D eigenvalue weighted by atomic mass is 9.98. The molecule has 0 bridgehead atoms. The number of carbonyl (C=O) groups excluding carboxylic acids is 1. The van der Waals surface area contributed by atoms with E-state index in [1.54, 1.807) is 12.1 Å². The monoisotopic (exact) mass is 542 g/mol. The van der Waals surface area contributed by atoms with Crippen molar-refractivity contribution in [2.45, 2.75) is 26.3 Å². The first kappa shape index (κ1) is 27.7. The standard InChI is InChI=1S/C32H31ClN2O4/c1-3-35(4-2)29-19-18-24(33)20-27(29)32(38)34-28(21-31(36)37)23-16-14-22(15-17-23)26-12-8-9-13-30(26)39-25-10-6-5-7-11-25/h5-20,28H,3-4,21H2,1-2H3,(H,34,38)(H,36,37). The molecule has 200 valence electrons. The number of amides is 1. The molecular weight excluding hydrogens is 512 g/mol. The van der Waals surface area contributed by atoms with Gasteiger partial charge in [-0.15, -0.1) is 0 Å². The third-order valence-corrected chi connectivity index (χ3v) is 6.71. The van der Waals surface area contributed by atoms with Crippen LogP contribution in [-0.4, -0.2) is 30.1 Å². The summed E-state index contributed by atoms with van der Waals surface area (Å²) >= 11 is 6.23. The van der Waals surface area contributed by atoms with Crippen molar-refractivity contribution < 1.29 is 19.4 Å². The summed E-state index contributed by atoms with van der Waals surface area (Å²) < 4.78 is 6.10. The van der Waals surface area contributed by atoms with Gasteiger partial charge in [0.2, 0.25) is 0 Å². The van der Waals surface area contributed by atoms with Crippen molar-refractivity contribution in [1.29, 1.82) is 0 Å². The average Bonchev–Trinajstić information content (AvgIpc) is 2.95. The van der Waals surface area contributed by atoms with Crippen molar-refractivity contribution in [3.63, 3.8) is 0 Å². The van der Waals surface area contributed by atoms with Gasteiger partial charge in [0.15, 0.2) is 0 Å². The van der Waals surface area contributed by atoms with Gasteiger partial charge in [-0.05, 0) is 61.4 Å². The summed E-state index contributed by atoms with van der Waals surface area (Å²) in [5.74, 6) is 0.0463. The Morgan fingerprint density at radius 2 is 1.56 bits per heavy atom. The van der Waals surface area contributed by atoms with Crippen LogP contribution in [-0.2, 0) is 4.79 Å². The largest absolute Gasteiger partial charge is 0.481 e. The van der Waals surface area contributed by atoms with E-state index in [1.807, 2.05) is 98.8 Å². The summed E-state index contributed by atoms with van der Waals surface area (Å²) in [6.45, 7) is 5.46. The van der Waals surface area contributed by atoms with E-state index in [0.29, 0.717) is 35.0 Å². The molecule has 0 spiro atoms. The number of nitrogens with zero attached hydrogens (tertiary/aromatic N) is 1. The molecule has 2 N–H and O–H groups in total. The fraction of sp³-hybridized carbons (Fsp3) is 0.188. The maximum atomic E-state index is 13.4. The highest BCUT2D eigenvalue weighted by atomic mass is 35.5. The van der Waals surface area contributed by atoms with Crippen LogP contribution in [0.2, 0.25) is 5.02 Å². The average molecular weight is 543 g/mol. The predicted molar refractivity (Wildman–Crippen MR) is 156 cm³/mol. The summed E-state index contributed by atoms with van der Waals surface area (Å²) in [6, 6.07) is 29.2. The number of rotatable bonds is 11. The van der Waals surface area contributed by atoms with Crippen LogP contribution in [0.3, 0.4) is 0 Å². The van der Waals surface area contributed by atoms with Crippen LogP contribution >= 0.6 is 11.6 Å². The van der Waals surface area contributed by atoms with E-state index in [2.05, 4.69) is 10.2 Å². The first-order valence-electron chi connectivity index (χ1n) is 12.9. The summed E-state index contributed by atoms with van der Waals surface area (Å²) in [4.78, 5) is 27.2. The topological polar surface area (TPSA) is 78.9 Å². The van der Waals surface area contributed by atoms with Crippen molar-refractivity contribution in [1.82, 2.24) is 5.32 Å². The Morgan fingerprint density at radius 3 is 2.23 bits per heavy atom. The van der Waals surface area contributed by atoms with Crippen LogP contribution in [0.4, 0.5) is 5.69 Å². The molecule has 1 amide bonds. The number of carbonyl (C=O) groups is 2. The number of benzene rings is 4. The number of anilines is 1. The number of para-hydroxylation sites is 2. The summed E-state index contributed by atoms with van der Waals surface area (Å²) in [7, 11) is 0. The molecule has 4 rings (SSSR count). The van der Waals surface area contributed by atoms with Crippen LogP contribution in [0.25, 0.3) is 11.1 Å². The zero-order valence-corrected chi connectivity index (χ0v) is 22.7. The molecule has 0 aliphatic rings. The lowest BCUT2D eigenvalue weighted by molar-refractivity contribution is -0.137. The van der Waals surface area contributed by atoms with Crippen molar-refractivity contribution in [3.8, 4) is 22.6 Å². The molecule has 0 fully saturated rings. The van der Waals surface area contributed by atoms with Gasteiger partial charge in [-0.2, -0.15) is 0 Å². The van der Waals surface area contributed by atoms with E-state index in [1.165, 1.54) is 0 Å². The Kier molecular flexibility index (Phi) is 9.23. The predicted octanol–water partition coefficient (Wildman–Crippen LogP) is 7.59. The molecule has 1 unspecified atom stereocenters. The van der Waals surface area contributed by atoms with Gasteiger partial charge < -0.3 is 20.1 Å².